The van der Waals surface area contributed by atoms with E-state index in [0.717, 1.165) is 0 Å². The third-order valence-corrected chi connectivity index (χ3v) is 1.70. The zero-order valence-electron chi connectivity index (χ0n) is 8.85. The van der Waals surface area contributed by atoms with Crippen LogP contribution in [0.5, 0.6) is 0 Å². The second-order valence-corrected chi connectivity index (χ2v) is 3.66. The maximum absolute atomic E-state index is 11.1. The van der Waals surface area contributed by atoms with Crippen molar-refractivity contribution in [2.24, 2.45) is 0 Å². The Morgan fingerprint density at radius 1 is 1.15 bits per heavy atom. The number of carbonyl (C=O) groups excluding carboxylic acids is 2. The molecule has 0 amide bonds. The van der Waals surface area contributed by atoms with E-state index in [0.29, 0.717) is 19.3 Å². The van der Waals surface area contributed by atoms with Crippen LogP contribution in [0.2, 0.25) is 0 Å². The van der Waals surface area contributed by atoms with E-state index >= 15 is 0 Å². The molecule has 0 rings (SSSR count). The zero-order valence-corrected chi connectivity index (χ0v) is 8.85. The van der Waals surface area contributed by atoms with Crippen molar-refractivity contribution < 1.29 is 14.3 Å². The first-order chi connectivity index (χ1) is 5.91. The summed E-state index contributed by atoms with van der Waals surface area (Å²) in [6.07, 6.45) is 1.14. The minimum absolute atomic E-state index is 0.119. The topological polar surface area (TPSA) is 43.4 Å². The summed E-state index contributed by atoms with van der Waals surface area (Å²) in [5.41, 5.74) is -0.653. The molecule has 0 unspecified atom stereocenters. The molecule has 0 aliphatic carbocycles. The summed E-state index contributed by atoms with van der Waals surface area (Å²) in [5.74, 6) is -0.136. The Morgan fingerprint density at radius 3 is 2.08 bits per heavy atom. The second kappa shape index (κ2) is 5.00. The molecule has 3 heteroatoms. The molecular formula is C10H18O3. The van der Waals surface area contributed by atoms with Crippen LogP contribution in [-0.4, -0.2) is 17.4 Å². The molecule has 0 bridgehead atoms. The van der Waals surface area contributed by atoms with Gasteiger partial charge in [0, 0.05) is 19.3 Å². The van der Waals surface area contributed by atoms with Gasteiger partial charge < -0.3 is 4.74 Å². The van der Waals surface area contributed by atoms with Gasteiger partial charge in [0.25, 0.3) is 0 Å². The van der Waals surface area contributed by atoms with Crippen molar-refractivity contribution in [3.05, 3.63) is 0 Å². The average molecular weight is 186 g/mol. The third kappa shape index (κ3) is 5.39. The Balaban J connectivity index is 4.07. The highest BCUT2D eigenvalue weighted by Gasteiger charge is 2.24. The normalized spacial score (nSPS) is 11.1. The predicted octanol–water partition coefficient (Wildman–Crippen LogP) is 2.09. The maximum atomic E-state index is 11.1. The molecule has 0 heterocycles. The van der Waals surface area contributed by atoms with Crippen molar-refractivity contribution in [2.75, 3.05) is 0 Å². The molecule has 0 saturated heterocycles. The van der Waals surface area contributed by atoms with E-state index in [2.05, 4.69) is 0 Å². The highest BCUT2D eigenvalue weighted by molar-refractivity contribution is 5.79. The number of ketones is 1. The lowest BCUT2D eigenvalue weighted by Gasteiger charge is -2.23. The fourth-order valence-electron chi connectivity index (χ4n) is 1.02. The molecule has 0 spiro atoms. The number of ether oxygens (including phenoxy) is 1. The molecule has 0 aromatic carbocycles. The van der Waals surface area contributed by atoms with Crippen molar-refractivity contribution in [2.45, 2.75) is 52.6 Å². The van der Waals surface area contributed by atoms with Crippen LogP contribution < -0.4 is 0 Å². The summed E-state index contributed by atoms with van der Waals surface area (Å²) in [7, 11) is 0. The molecule has 0 aromatic rings. The lowest BCUT2D eigenvalue weighted by Crippen LogP contribution is -2.30. The first-order valence-electron chi connectivity index (χ1n) is 4.64. The SMILES string of the molecule is CCC(=O)CC(C)(C)OC(=O)CC. The zero-order chi connectivity index (χ0) is 10.5. The Kier molecular flexibility index (Phi) is 4.67. The van der Waals surface area contributed by atoms with Crippen molar-refractivity contribution in [1.82, 2.24) is 0 Å². The van der Waals surface area contributed by atoms with Gasteiger partial charge in [0.15, 0.2) is 0 Å². The van der Waals surface area contributed by atoms with Crippen LogP contribution in [0.25, 0.3) is 0 Å². The number of hydrogen-bond donors (Lipinski definition) is 0. The summed E-state index contributed by atoms with van der Waals surface area (Å²) in [5, 5.41) is 0. The Bertz CT molecular complexity index is 174. The maximum Gasteiger partial charge on any atom is 0.306 e. The van der Waals surface area contributed by atoms with Crippen LogP contribution in [0.1, 0.15) is 47.0 Å². The van der Waals surface area contributed by atoms with Gasteiger partial charge in [0.05, 0.1) is 0 Å². The van der Waals surface area contributed by atoms with Gasteiger partial charge in [-0.2, -0.15) is 0 Å². The van der Waals surface area contributed by atoms with Gasteiger partial charge >= 0.3 is 5.97 Å². The number of esters is 1. The van der Waals surface area contributed by atoms with Crippen molar-refractivity contribution >= 4 is 11.8 Å². The Hall–Kier alpha value is -0.860. The predicted molar refractivity (Wildman–Crippen MR) is 50.4 cm³/mol. The largest absolute Gasteiger partial charge is 0.459 e. The van der Waals surface area contributed by atoms with Gasteiger partial charge in [0.1, 0.15) is 11.4 Å². The minimum Gasteiger partial charge on any atom is -0.459 e. The standard InChI is InChI=1S/C10H18O3/c1-5-8(11)7-10(3,4)13-9(12)6-2/h5-7H2,1-4H3. The third-order valence-electron chi connectivity index (χ3n) is 1.70. The second-order valence-electron chi connectivity index (χ2n) is 3.66. The number of rotatable bonds is 5. The molecule has 76 valence electrons. The molecule has 3 nitrogen and oxygen atoms in total. The van der Waals surface area contributed by atoms with Crippen molar-refractivity contribution in [3.63, 3.8) is 0 Å². The van der Waals surface area contributed by atoms with Gasteiger partial charge in [-0.3, -0.25) is 9.59 Å². The fourth-order valence-corrected chi connectivity index (χ4v) is 1.02. The lowest BCUT2D eigenvalue weighted by atomic mass is 10.0. The van der Waals surface area contributed by atoms with Gasteiger partial charge in [0.2, 0.25) is 0 Å². The Labute approximate surface area is 79.5 Å². The fraction of sp³-hybridized carbons (Fsp3) is 0.800. The van der Waals surface area contributed by atoms with E-state index in [-0.39, 0.29) is 11.8 Å². The molecule has 13 heavy (non-hydrogen) atoms. The smallest absolute Gasteiger partial charge is 0.306 e. The molecule has 0 saturated carbocycles. The van der Waals surface area contributed by atoms with Crippen molar-refractivity contribution in [3.8, 4) is 0 Å². The first kappa shape index (κ1) is 12.1. The first-order valence-corrected chi connectivity index (χ1v) is 4.64. The van der Waals surface area contributed by atoms with Crippen LogP contribution in [0, 0.1) is 0 Å². The van der Waals surface area contributed by atoms with Crippen LogP contribution in [0.4, 0.5) is 0 Å². The molecule has 0 aliphatic rings. The van der Waals surface area contributed by atoms with Crippen molar-refractivity contribution in [1.29, 1.82) is 0 Å². The molecular weight excluding hydrogens is 168 g/mol. The van der Waals surface area contributed by atoms with E-state index < -0.39 is 5.60 Å². The average Bonchev–Trinajstić information content (AvgIpc) is 2.02. The summed E-state index contributed by atoms with van der Waals surface area (Å²) >= 11 is 0. The molecule has 0 aliphatic heterocycles. The molecule has 0 aromatic heterocycles. The van der Waals surface area contributed by atoms with E-state index in [1.54, 1.807) is 27.7 Å². The molecule has 0 N–H and O–H groups in total. The quantitative estimate of drug-likeness (QED) is 0.617. The van der Waals surface area contributed by atoms with Crippen LogP contribution >= 0.6 is 0 Å². The summed E-state index contributed by atoms with van der Waals surface area (Å²) < 4.78 is 5.10. The number of Topliss-reactive ketones (excluding diaryl/α,β-unsaturated/α-hetero) is 1. The van der Waals surface area contributed by atoms with Gasteiger partial charge in [-0.15, -0.1) is 0 Å². The summed E-state index contributed by atoms with van der Waals surface area (Å²) in [4.78, 5) is 22.1. The monoisotopic (exact) mass is 186 g/mol. The number of carbonyl (C=O) groups is 2. The Morgan fingerprint density at radius 2 is 1.69 bits per heavy atom. The van der Waals surface area contributed by atoms with Gasteiger partial charge in [-0.1, -0.05) is 13.8 Å². The summed E-state index contributed by atoms with van der Waals surface area (Å²) in [6.45, 7) is 7.06. The van der Waals surface area contributed by atoms with Gasteiger partial charge in [-0.25, -0.2) is 0 Å². The molecule has 0 atom stereocenters. The van der Waals surface area contributed by atoms with Crippen LogP contribution in [0.3, 0.4) is 0 Å². The van der Waals surface area contributed by atoms with E-state index in [9.17, 15) is 9.59 Å². The van der Waals surface area contributed by atoms with Crippen LogP contribution in [-0.2, 0) is 14.3 Å². The van der Waals surface area contributed by atoms with Crippen LogP contribution in [0.15, 0.2) is 0 Å². The molecule has 0 fully saturated rings. The van der Waals surface area contributed by atoms with E-state index in [4.69, 9.17) is 4.74 Å². The molecule has 0 radical (unpaired) electrons. The lowest BCUT2D eigenvalue weighted by molar-refractivity contribution is -0.157. The highest BCUT2D eigenvalue weighted by Crippen LogP contribution is 2.16. The number of hydrogen-bond acceptors (Lipinski definition) is 3. The van der Waals surface area contributed by atoms with Gasteiger partial charge in [-0.05, 0) is 13.8 Å². The van der Waals surface area contributed by atoms with E-state index in [1.807, 2.05) is 0 Å². The minimum atomic E-state index is -0.653. The highest BCUT2D eigenvalue weighted by atomic mass is 16.6. The summed E-state index contributed by atoms with van der Waals surface area (Å²) in [6, 6.07) is 0. The van der Waals surface area contributed by atoms with E-state index in [1.165, 1.54) is 0 Å².